The van der Waals surface area contributed by atoms with Gasteiger partial charge in [0.25, 0.3) is 0 Å². The van der Waals surface area contributed by atoms with Gasteiger partial charge in [0, 0.05) is 21.8 Å². The second-order valence-corrected chi connectivity index (χ2v) is 9.65. The van der Waals surface area contributed by atoms with Gasteiger partial charge in [-0.1, -0.05) is 54.6 Å². The van der Waals surface area contributed by atoms with Gasteiger partial charge in [0.05, 0.1) is 23.1 Å². The van der Waals surface area contributed by atoms with E-state index in [0.29, 0.717) is 6.42 Å². The number of nitrogens with one attached hydrogen (secondary N) is 1. The number of aliphatic hydroxyl groups excluding tert-OH is 1. The number of hydrogen-bond acceptors (Lipinski definition) is 3. The van der Waals surface area contributed by atoms with Crippen molar-refractivity contribution >= 4 is 31.8 Å². The first-order valence-corrected chi connectivity index (χ1v) is 11.8. The summed E-state index contributed by atoms with van der Waals surface area (Å²) in [6.07, 6.45) is 1.43. The van der Waals surface area contributed by atoms with Crippen molar-refractivity contribution in [3.8, 4) is 0 Å². The molecule has 3 atom stereocenters. The first kappa shape index (κ1) is 19.3. The zero-order valence-electron chi connectivity index (χ0n) is 16.5. The van der Waals surface area contributed by atoms with Crippen LogP contribution in [-0.2, 0) is 10.0 Å². The highest BCUT2D eigenvalue weighted by molar-refractivity contribution is 7.89. The van der Waals surface area contributed by atoms with Gasteiger partial charge in [-0.15, -0.1) is 0 Å². The number of fused-ring (bicyclic) bond motifs is 3. The van der Waals surface area contributed by atoms with Crippen LogP contribution in [0.3, 0.4) is 0 Å². The molecular weight excluding hydrogens is 396 g/mol. The second-order valence-electron chi connectivity index (χ2n) is 7.93. The van der Waals surface area contributed by atoms with E-state index in [-0.39, 0.29) is 10.9 Å². The first-order chi connectivity index (χ1) is 14.6. The average molecular weight is 421 g/mol. The van der Waals surface area contributed by atoms with Crippen LogP contribution in [0.25, 0.3) is 21.8 Å². The molecule has 1 saturated carbocycles. The van der Waals surface area contributed by atoms with E-state index in [1.807, 2.05) is 24.3 Å². The highest BCUT2D eigenvalue weighted by atomic mass is 32.2. The van der Waals surface area contributed by atoms with Gasteiger partial charge < -0.3 is 9.67 Å². The lowest BCUT2D eigenvalue weighted by atomic mass is 9.88. The van der Waals surface area contributed by atoms with E-state index in [1.165, 1.54) is 0 Å². The summed E-state index contributed by atoms with van der Waals surface area (Å²) < 4.78 is 30.6. The van der Waals surface area contributed by atoms with Crippen molar-refractivity contribution in [2.75, 3.05) is 0 Å². The van der Waals surface area contributed by atoms with E-state index >= 15 is 0 Å². The van der Waals surface area contributed by atoms with Crippen molar-refractivity contribution in [3.05, 3.63) is 78.9 Å². The maximum atomic E-state index is 12.8. The van der Waals surface area contributed by atoms with Crippen molar-refractivity contribution in [1.29, 1.82) is 0 Å². The summed E-state index contributed by atoms with van der Waals surface area (Å²) in [4.78, 5) is 0.219. The number of para-hydroxylation sites is 2. The summed E-state index contributed by atoms with van der Waals surface area (Å²) >= 11 is 0. The van der Waals surface area contributed by atoms with E-state index < -0.39 is 22.2 Å². The molecule has 0 saturated heterocycles. The summed E-state index contributed by atoms with van der Waals surface area (Å²) in [5, 5.41) is 13.6. The van der Waals surface area contributed by atoms with Crippen LogP contribution in [0.1, 0.15) is 25.3 Å². The van der Waals surface area contributed by atoms with E-state index in [2.05, 4.69) is 33.6 Å². The molecule has 1 fully saturated rings. The quantitative estimate of drug-likeness (QED) is 0.519. The highest BCUT2D eigenvalue weighted by Gasteiger charge is 2.36. The van der Waals surface area contributed by atoms with Crippen LogP contribution in [0.4, 0.5) is 0 Å². The average Bonchev–Trinajstić information content (AvgIpc) is 3.10. The van der Waals surface area contributed by atoms with E-state index in [0.717, 1.165) is 34.6 Å². The van der Waals surface area contributed by atoms with Gasteiger partial charge in [0.15, 0.2) is 0 Å². The van der Waals surface area contributed by atoms with Crippen molar-refractivity contribution < 1.29 is 13.5 Å². The fourth-order valence-electron chi connectivity index (χ4n) is 4.74. The van der Waals surface area contributed by atoms with Gasteiger partial charge in [-0.05, 0) is 43.5 Å². The van der Waals surface area contributed by atoms with E-state index in [1.54, 1.807) is 30.3 Å². The van der Waals surface area contributed by atoms with E-state index in [9.17, 15) is 13.5 Å². The third-order valence-electron chi connectivity index (χ3n) is 6.13. The maximum absolute atomic E-state index is 12.8. The van der Waals surface area contributed by atoms with Gasteiger partial charge >= 0.3 is 0 Å². The second kappa shape index (κ2) is 7.54. The van der Waals surface area contributed by atoms with Crippen LogP contribution in [0.15, 0.2) is 83.8 Å². The summed E-state index contributed by atoms with van der Waals surface area (Å²) in [6.45, 7) is 0. The molecule has 1 aromatic heterocycles. The van der Waals surface area contributed by atoms with Gasteiger partial charge in [0.2, 0.25) is 10.0 Å². The Balaban J connectivity index is 1.53. The number of nitrogens with zero attached hydrogens (tertiary/aromatic N) is 1. The van der Waals surface area contributed by atoms with Gasteiger partial charge in [0.1, 0.15) is 0 Å². The summed E-state index contributed by atoms with van der Waals surface area (Å²) in [5.74, 6) is 0. The van der Waals surface area contributed by atoms with Crippen LogP contribution in [0.2, 0.25) is 0 Å². The topological polar surface area (TPSA) is 71.3 Å². The Bertz CT molecular complexity index is 1240. The van der Waals surface area contributed by atoms with Gasteiger partial charge in [-0.25, -0.2) is 13.1 Å². The van der Waals surface area contributed by atoms with Crippen molar-refractivity contribution in [3.63, 3.8) is 0 Å². The molecule has 6 heteroatoms. The lowest BCUT2D eigenvalue weighted by Gasteiger charge is -2.36. The number of benzene rings is 3. The first-order valence-electron chi connectivity index (χ1n) is 10.3. The molecule has 0 spiro atoms. The van der Waals surface area contributed by atoms with Crippen LogP contribution in [0.5, 0.6) is 0 Å². The molecule has 5 nitrogen and oxygen atoms in total. The number of aromatic nitrogens is 1. The van der Waals surface area contributed by atoms with Crippen LogP contribution < -0.4 is 4.72 Å². The minimum Gasteiger partial charge on any atom is -0.389 e. The predicted octanol–water partition coefficient (Wildman–Crippen LogP) is 4.23. The van der Waals surface area contributed by atoms with Gasteiger partial charge in [-0.3, -0.25) is 0 Å². The van der Waals surface area contributed by atoms with E-state index in [4.69, 9.17) is 0 Å². The van der Waals surface area contributed by atoms with Crippen LogP contribution >= 0.6 is 0 Å². The summed E-state index contributed by atoms with van der Waals surface area (Å²) in [5.41, 5.74) is 2.13. The normalized spacial score (nSPS) is 22.5. The molecule has 1 heterocycles. The van der Waals surface area contributed by atoms with Crippen LogP contribution in [0, 0.1) is 0 Å². The molecule has 4 aromatic rings. The zero-order valence-corrected chi connectivity index (χ0v) is 17.3. The molecular formula is C24H24N2O3S. The lowest BCUT2D eigenvalue weighted by Crippen LogP contribution is -2.49. The summed E-state index contributed by atoms with van der Waals surface area (Å²) in [7, 11) is -3.69. The molecule has 5 rings (SSSR count). The smallest absolute Gasteiger partial charge is 0.240 e. The van der Waals surface area contributed by atoms with Crippen molar-refractivity contribution in [2.24, 2.45) is 0 Å². The number of rotatable bonds is 4. The Morgan fingerprint density at radius 2 is 1.37 bits per heavy atom. The SMILES string of the molecule is O=S(=O)(N[C@H]1CCC[C@@H](n2c3ccccc3c3ccccc32)[C@@H]1O)c1ccccc1. The van der Waals surface area contributed by atoms with Gasteiger partial charge in [-0.2, -0.15) is 0 Å². The molecule has 3 aromatic carbocycles. The minimum absolute atomic E-state index is 0.202. The molecule has 2 N–H and O–H groups in total. The third kappa shape index (κ3) is 3.21. The molecule has 1 aliphatic rings. The van der Waals surface area contributed by atoms with Crippen molar-refractivity contribution in [2.45, 2.75) is 42.3 Å². The predicted molar refractivity (Wildman–Crippen MR) is 119 cm³/mol. The summed E-state index contributed by atoms with van der Waals surface area (Å²) in [6, 6.07) is 24.0. The largest absolute Gasteiger partial charge is 0.389 e. The molecule has 0 aliphatic heterocycles. The standard InChI is InChI=1S/C24H24N2O3S/c27-24-20(25-30(28,29)17-9-2-1-3-10-17)13-8-16-23(24)26-21-14-6-4-11-18(21)19-12-5-7-15-22(19)26/h1-7,9-12,14-15,20,23-25,27H,8,13,16H2/t20-,23+,24+/m0/s1. The molecule has 154 valence electrons. The molecule has 0 amide bonds. The minimum atomic E-state index is -3.69. The number of aliphatic hydroxyl groups is 1. The van der Waals surface area contributed by atoms with Crippen LogP contribution in [-0.4, -0.2) is 30.2 Å². The molecule has 0 bridgehead atoms. The zero-order chi connectivity index (χ0) is 20.7. The third-order valence-corrected chi connectivity index (χ3v) is 7.64. The fourth-order valence-corrected chi connectivity index (χ4v) is 6.05. The molecule has 30 heavy (non-hydrogen) atoms. The lowest BCUT2D eigenvalue weighted by molar-refractivity contribution is 0.0547. The maximum Gasteiger partial charge on any atom is 0.240 e. The Morgan fingerprint density at radius 3 is 2.00 bits per heavy atom. The fraction of sp³-hybridized carbons (Fsp3) is 0.250. The van der Waals surface area contributed by atoms with Crippen molar-refractivity contribution in [1.82, 2.24) is 9.29 Å². The Kier molecular flexibility index (Phi) is 4.85. The Morgan fingerprint density at radius 1 is 0.800 bits per heavy atom. The molecule has 0 radical (unpaired) electrons. The monoisotopic (exact) mass is 420 g/mol. The highest BCUT2D eigenvalue weighted by Crippen LogP contribution is 2.38. The Labute approximate surface area is 176 Å². The molecule has 1 aliphatic carbocycles. The molecule has 0 unspecified atom stereocenters. The Hall–Kier alpha value is -2.67. The number of hydrogen-bond donors (Lipinski definition) is 2. The number of sulfonamides is 1.